The molecule has 0 amide bonds. The Hall–Kier alpha value is -0.520. The van der Waals surface area contributed by atoms with Gasteiger partial charge in [-0.25, -0.2) is 0 Å². The highest BCUT2D eigenvalue weighted by Crippen LogP contribution is 2.12. The van der Waals surface area contributed by atoms with Gasteiger partial charge < -0.3 is 9.84 Å². The summed E-state index contributed by atoms with van der Waals surface area (Å²) in [7, 11) is 0. The maximum atomic E-state index is 9.10. The van der Waals surface area contributed by atoms with Crippen LogP contribution >= 0.6 is 0 Å². The first kappa shape index (κ1) is 6.60. The van der Waals surface area contributed by atoms with Crippen molar-refractivity contribution < 1.29 is 9.84 Å². The van der Waals surface area contributed by atoms with Crippen molar-refractivity contribution in [2.75, 3.05) is 6.61 Å². The van der Waals surface area contributed by atoms with Gasteiger partial charge in [-0.15, -0.1) is 6.42 Å². The highest BCUT2D eigenvalue weighted by molar-refractivity contribution is 4.99. The normalized spacial score (nSPS) is 35.6. The third kappa shape index (κ3) is 1.44. The smallest absolute Gasteiger partial charge is 0.143 e. The molecule has 0 radical (unpaired) electrons. The number of hydrogen-bond acceptors (Lipinski definition) is 2. The summed E-state index contributed by atoms with van der Waals surface area (Å²) in [6, 6.07) is 0. The lowest BCUT2D eigenvalue weighted by Crippen LogP contribution is -2.32. The first-order valence-electron chi connectivity index (χ1n) is 3.10. The fraction of sp³-hybridized carbons (Fsp3) is 0.714. The molecule has 0 saturated carbocycles. The molecular weight excluding hydrogens is 116 g/mol. The Morgan fingerprint density at radius 1 is 1.67 bits per heavy atom. The minimum absolute atomic E-state index is 0.362. The maximum absolute atomic E-state index is 9.10. The van der Waals surface area contributed by atoms with Crippen LogP contribution < -0.4 is 0 Å². The van der Waals surface area contributed by atoms with Gasteiger partial charge in [0.2, 0.25) is 0 Å². The molecule has 0 aromatic carbocycles. The minimum atomic E-state index is -0.441. The molecule has 0 aromatic rings. The standard InChI is InChI=1S/C7H10O2/c1-2-7-6(8)4-3-5-9-7/h1,6-8H,3-5H2. The predicted molar refractivity (Wildman–Crippen MR) is 33.8 cm³/mol. The molecule has 1 aliphatic heterocycles. The van der Waals surface area contributed by atoms with Gasteiger partial charge in [-0.2, -0.15) is 0 Å². The molecule has 1 saturated heterocycles. The van der Waals surface area contributed by atoms with Gasteiger partial charge in [-0.1, -0.05) is 5.92 Å². The number of aliphatic hydroxyl groups excluding tert-OH is 1. The van der Waals surface area contributed by atoms with Crippen LogP contribution in [0.15, 0.2) is 0 Å². The second-order valence-corrected chi connectivity index (χ2v) is 2.17. The van der Waals surface area contributed by atoms with Crippen molar-refractivity contribution in [1.29, 1.82) is 0 Å². The SMILES string of the molecule is C#CC1OCCCC1O. The lowest BCUT2D eigenvalue weighted by atomic mass is 10.1. The van der Waals surface area contributed by atoms with Gasteiger partial charge in [-0.05, 0) is 12.8 Å². The molecule has 50 valence electrons. The van der Waals surface area contributed by atoms with E-state index in [0.29, 0.717) is 6.61 Å². The highest BCUT2D eigenvalue weighted by Gasteiger charge is 2.20. The topological polar surface area (TPSA) is 29.5 Å². The van der Waals surface area contributed by atoms with Crippen LogP contribution in [0.2, 0.25) is 0 Å². The van der Waals surface area contributed by atoms with E-state index in [2.05, 4.69) is 5.92 Å². The third-order valence-corrected chi connectivity index (χ3v) is 1.46. The van der Waals surface area contributed by atoms with E-state index in [1.165, 1.54) is 0 Å². The summed E-state index contributed by atoms with van der Waals surface area (Å²) < 4.78 is 5.05. The van der Waals surface area contributed by atoms with Crippen LogP contribution in [0.1, 0.15) is 12.8 Å². The van der Waals surface area contributed by atoms with E-state index in [1.807, 2.05) is 0 Å². The Bertz CT molecular complexity index is 125. The average Bonchev–Trinajstić information content (AvgIpc) is 1.89. The molecule has 0 aliphatic carbocycles. The predicted octanol–water partition coefficient (Wildman–Crippen LogP) is 0.160. The highest BCUT2D eigenvalue weighted by atomic mass is 16.5. The van der Waals surface area contributed by atoms with Crippen molar-refractivity contribution in [3.8, 4) is 12.3 Å². The van der Waals surface area contributed by atoms with Crippen molar-refractivity contribution in [3.63, 3.8) is 0 Å². The molecule has 2 unspecified atom stereocenters. The summed E-state index contributed by atoms with van der Waals surface area (Å²) in [6.07, 6.45) is 5.94. The molecule has 1 heterocycles. The van der Waals surface area contributed by atoms with Gasteiger partial charge in [0.15, 0.2) is 0 Å². The molecule has 1 aliphatic rings. The quantitative estimate of drug-likeness (QED) is 0.468. The average molecular weight is 126 g/mol. The number of aliphatic hydroxyl groups is 1. The van der Waals surface area contributed by atoms with Crippen LogP contribution in [0.3, 0.4) is 0 Å². The lowest BCUT2D eigenvalue weighted by molar-refractivity contribution is -0.0433. The summed E-state index contributed by atoms with van der Waals surface area (Å²) in [4.78, 5) is 0. The van der Waals surface area contributed by atoms with Gasteiger partial charge in [-0.3, -0.25) is 0 Å². The zero-order chi connectivity index (χ0) is 6.69. The molecule has 1 rings (SSSR count). The Morgan fingerprint density at radius 2 is 2.44 bits per heavy atom. The van der Waals surface area contributed by atoms with Crippen LogP contribution in [0.5, 0.6) is 0 Å². The van der Waals surface area contributed by atoms with Gasteiger partial charge in [0, 0.05) is 6.61 Å². The van der Waals surface area contributed by atoms with Crippen molar-refractivity contribution >= 4 is 0 Å². The van der Waals surface area contributed by atoms with E-state index in [0.717, 1.165) is 12.8 Å². The van der Waals surface area contributed by atoms with Gasteiger partial charge in [0.25, 0.3) is 0 Å². The number of ether oxygens (including phenoxy) is 1. The third-order valence-electron chi connectivity index (χ3n) is 1.46. The second kappa shape index (κ2) is 2.86. The Kier molecular flexibility index (Phi) is 2.10. The monoisotopic (exact) mass is 126 g/mol. The van der Waals surface area contributed by atoms with Crippen LogP contribution in [-0.2, 0) is 4.74 Å². The van der Waals surface area contributed by atoms with E-state index >= 15 is 0 Å². The van der Waals surface area contributed by atoms with Crippen LogP contribution in [0.25, 0.3) is 0 Å². The molecule has 1 N–H and O–H groups in total. The largest absolute Gasteiger partial charge is 0.389 e. The fourth-order valence-electron chi connectivity index (χ4n) is 0.924. The van der Waals surface area contributed by atoms with E-state index in [4.69, 9.17) is 16.3 Å². The first-order chi connectivity index (χ1) is 4.34. The summed E-state index contributed by atoms with van der Waals surface area (Å²) in [5.74, 6) is 2.38. The summed E-state index contributed by atoms with van der Waals surface area (Å²) in [5.41, 5.74) is 0. The maximum Gasteiger partial charge on any atom is 0.143 e. The van der Waals surface area contributed by atoms with Gasteiger partial charge >= 0.3 is 0 Å². The Balaban J connectivity index is 2.41. The number of terminal acetylenes is 1. The molecular formula is C7H10O2. The minimum Gasteiger partial charge on any atom is -0.389 e. The van der Waals surface area contributed by atoms with E-state index in [1.54, 1.807) is 0 Å². The van der Waals surface area contributed by atoms with Crippen molar-refractivity contribution in [1.82, 2.24) is 0 Å². The molecule has 2 nitrogen and oxygen atoms in total. The number of hydrogen-bond donors (Lipinski definition) is 1. The van der Waals surface area contributed by atoms with E-state index in [9.17, 15) is 0 Å². The molecule has 9 heavy (non-hydrogen) atoms. The van der Waals surface area contributed by atoms with Crippen molar-refractivity contribution in [3.05, 3.63) is 0 Å². The second-order valence-electron chi connectivity index (χ2n) is 2.17. The summed E-state index contributed by atoms with van der Waals surface area (Å²) in [5, 5.41) is 9.10. The van der Waals surface area contributed by atoms with Crippen molar-refractivity contribution in [2.24, 2.45) is 0 Å². The van der Waals surface area contributed by atoms with E-state index in [-0.39, 0.29) is 6.10 Å². The van der Waals surface area contributed by atoms with Crippen LogP contribution in [-0.4, -0.2) is 23.9 Å². The zero-order valence-electron chi connectivity index (χ0n) is 5.21. The molecule has 0 spiro atoms. The lowest BCUT2D eigenvalue weighted by Gasteiger charge is -2.23. The van der Waals surface area contributed by atoms with Crippen LogP contribution in [0.4, 0.5) is 0 Å². The Labute approximate surface area is 54.8 Å². The molecule has 0 bridgehead atoms. The first-order valence-corrected chi connectivity index (χ1v) is 3.10. The van der Waals surface area contributed by atoms with Crippen molar-refractivity contribution in [2.45, 2.75) is 25.0 Å². The molecule has 2 heteroatoms. The van der Waals surface area contributed by atoms with Crippen LogP contribution in [0, 0.1) is 12.3 Å². The van der Waals surface area contributed by atoms with Gasteiger partial charge in [0.1, 0.15) is 6.10 Å². The molecule has 2 atom stereocenters. The zero-order valence-corrected chi connectivity index (χ0v) is 5.21. The summed E-state index contributed by atoms with van der Waals surface area (Å²) in [6.45, 7) is 0.686. The fourth-order valence-corrected chi connectivity index (χ4v) is 0.924. The number of rotatable bonds is 0. The molecule has 1 fully saturated rings. The summed E-state index contributed by atoms with van der Waals surface area (Å²) >= 11 is 0. The molecule has 0 aromatic heterocycles. The van der Waals surface area contributed by atoms with E-state index < -0.39 is 6.10 Å². The van der Waals surface area contributed by atoms with Gasteiger partial charge in [0.05, 0.1) is 6.10 Å². The Morgan fingerprint density at radius 3 is 2.89 bits per heavy atom.